The molecule has 2 nitrogen and oxygen atoms in total. The summed E-state index contributed by atoms with van der Waals surface area (Å²) in [4.78, 5) is 1.86. The van der Waals surface area contributed by atoms with E-state index in [0.29, 0.717) is 5.75 Å². The van der Waals surface area contributed by atoms with Crippen molar-refractivity contribution in [2.45, 2.75) is 0 Å². The standard InChI is InChI=1S/C8H10BrNO/c1-10(2)7-5-6(9)3-4-8(7)11/h3-5,11H,1-2H3. The lowest BCUT2D eigenvalue weighted by atomic mass is 10.3. The van der Waals surface area contributed by atoms with E-state index >= 15 is 0 Å². The van der Waals surface area contributed by atoms with E-state index in [1.807, 2.05) is 31.1 Å². The van der Waals surface area contributed by atoms with Gasteiger partial charge in [0.15, 0.2) is 0 Å². The Morgan fingerprint density at radius 1 is 1.36 bits per heavy atom. The van der Waals surface area contributed by atoms with Crippen molar-refractivity contribution in [1.29, 1.82) is 0 Å². The molecule has 1 aromatic rings. The number of nitrogens with zero attached hydrogens (tertiary/aromatic N) is 1. The SMILES string of the molecule is CN(C)c1cc(Br)ccc1O. The summed E-state index contributed by atoms with van der Waals surface area (Å²) >= 11 is 3.33. The summed E-state index contributed by atoms with van der Waals surface area (Å²) in [5.41, 5.74) is 0.819. The quantitative estimate of drug-likeness (QED) is 0.777. The van der Waals surface area contributed by atoms with Crippen LogP contribution in [-0.4, -0.2) is 19.2 Å². The summed E-state index contributed by atoms with van der Waals surface area (Å²) in [6.07, 6.45) is 0. The summed E-state index contributed by atoms with van der Waals surface area (Å²) in [6.45, 7) is 0. The van der Waals surface area contributed by atoms with Gasteiger partial charge >= 0.3 is 0 Å². The lowest BCUT2D eigenvalue weighted by molar-refractivity contribution is 0.475. The zero-order chi connectivity index (χ0) is 8.43. The first-order valence-electron chi connectivity index (χ1n) is 3.27. The fourth-order valence-corrected chi connectivity index (χ4v) is 1.20. The number of phenols is 1. The van der Waals surface area contributed by atoms with Gasteiger partial charge in [-0.3, -0.25) is 0 Å². The number of anilines is 1. The van der Waals surface area contributed by atoms with Gasteiger partial charge in [0.25, 0.3) is 0 Å². The number of aromatic hydroxyl groups is 1. The van der Waals surface area contributed by atoms with Crippen LogP contribution in [-0.2, 0) is 0 Å². The van der Waals surface area contributed by atoms with Gasteiger partial charge in [0, 0.05) is 18.6 Å². The van der Waals surface area contributed by atoms with Gasteiger partial charge in [0.1, 0.15) is 5.75 Å². The van der Waals surface area contributed by atoms with Gasteiger partial charge in [-0.25, -0.2) is 0 Å². The summed E-state index contributed by atoms with van der Waals surface area (Å²) in [5, 5.41) is 9.34. The van der Waals surface area contributed by atoms with Crippen LogP contribution in [0.3, 0.4) is 0 Å². The Morgan fingerprint density at radius 3 is 2.45 bits per heavy atom. The first kappa shape index (κ1) is 8.40. The first-order chi connectivity index (χ1) is 5.11. The molecule has 0 aliphatic carbocycles. The number of hydrogen-bond acceptors (Lipinski definition) is 2. The van der Waals surface area contributed by atoms with Gasteiger partial charge in [0.05, 0.1) is 5.69 Å². The molecule has 0 saturated heterocycles. The monoisotopic (exact) mass is 215 g/mol. The Morgan fingerprint density at radius 2 is 2.00 bits per heavy atom. The largest absolute Gasteiger partial charge is 0.506 e. The van der Waals surface area contributed by atoms with Gasteiger partial charge in [-0.2, -0.15) is 0 Å². The lowest BCUT2D eigenvalue weighted by Crippen LogP contribution is -2.08. The van der Waals surface area contributed by atoms with Crippen LogP contribution < -0.4 is 4.90 Å². The summed E-state index contributed by atoms with van der Waals surface area (Å²) in [6, 6.07) is 5.34. The number of rotatable bonds is 1. The van der Waals surface area contributed by atoms with Crippen LogP contribution in [0.1, 0.15) is 0 Å². The summed E-state index contributed by atoms with van der Waals surface area (Å²) in [7, 11) is 3.78. The normalized spacial score (nSPS) is 9.73. The van der Waals surface area contributed by atoms with Crippen LogP contribution in [0.5, 0.6) is 5.75 Å². The highest BCUT2D eigenvalue weighted by Crippen LogP contribution is 2.28. The zero-order valence-electron chi connectivity index (χ0n) is 6.50. The molecule has 0 aliphatic heterocycles. The summed E-state index contributed by atoms with van der Waals surface area (Å²) in [5.74, 6) is 0.304. The minimum absolute atomic E-state index is 0.304. The predicted molar refractivity (Wildman–Crippen MR) is 50.1 cm³/mol. The van der Waals surface area contributed by atoms with E-state index < -0.39 is 0 Å². The van der Waals surface area contributed by atoms with E-state index in [1.54, 1.807) is 6.07 Å². The van der Waals surface area contributed by atoms with Gasteiger partial charge in [-0.05, 0) is 18.2 Å². The Labute approximate surface area is 74.6 Å². The molecule has 0 radical (unpaired) electrons. The van der Waals surface area contributed by atoms with Crippen LogP contribution in [0.4, 0.5) is 5.69 Å². The molecule has 1 aromatic carbocycles. The molecule has 0 bridgehead atoms. The number of hydrogen-bond donors (Lipinski definition) is 1. The highest BCUT2D eigenvalue weighted by molar-refractivity contribution is 9.10. The maximum Gasteiger partial charge on any atom is 0.138 e. The third-order valence-electron chi connectivity index (χ3n) is 1.42. The number of benzene rings is 1. The van der Waals surface area contributed by atoms with Gasteiger partial charge in [-0.15, -0.1) is 0 Å². The van der Waals surface area contributed by atoms with E-state index in [0.717, 1.165) is 10.2 Å². The summed E-state index contributed by atoms with van der Waals surface area (Å²) < 4.78 is 0.971. The molecule has 0 saturated carbocycles. The number of phenolic OH excluding ortho intramolecular Hbond substituents is 1. The van der Waals surface area contributed by atoms with Gasteiger partial charge in [0.2, 0.25) is 0 Å². The van der Waals surface area contributed by atoms with Crippen molar-refractivity contribution in [2.75, 3.05) is 19.0 Å². The topological polar surface area (TPSA) is 23.5 Å². The van der Waals surface area contributed by atoms with E-state index in [2.05, 4.69) is 15.9 Å². The molecular weight excluding hydrogens is 206 g/mol. The smallest absolute Gasteiger partial charge is 0.138 e. The molecule has 0 atom stereocenters. The van der Waals surface area contributed by atoms with Crippen molar-refractivity contribution in [3.63, 3.8) is 0 Å². The molecule has 0 fully saturated rings. The molecule has 0 aromatic heterocycles. The van der Waals surface area contributed by atoms with Crippen LogP contribution in [0.25, 0.3) is 0 Å². The second-order valence-corrected chi connectivity index (χ2v) is 3.44. The maximum atomic E-state index is 9.34. The molecule has 1 rings (SSSR count). The third-order valence-corrected chi connectivity index (χ3v) is 1.91. The van der Waals surface area contributed by atoms with Crippen molar-refractivity contribution in [3.05, 3.63) is 22.7 Å². The van der Waals surface area contributed by atoms with Crippen LogP contribution in [0, 0.1) is 0 Å². The molecule has 3 heteroatoms. The van der Waals surface area contributed by atoms with Crippen molar-refractivity contribution in [3.8, 4) is 5.75 Å². The highest BCUT2D eigenvalue weighted by Gasteiger charge is 2.01. The fourth-order valence-electron chi connectivity index (χ4n) is 0.855. The average molecular weight is 216 g/mol. The van der Waals surface area contributed by atoms with Crippen LogP contribution >= 0.6 is 15.9 Å². The van der Waals surface area contributed by atoms with Crippen molar-refractivity contribution >= 4 is 21.6 Å². The fraction of sp³-hybridized carbons (Fsp3) is 0.250. The predicted octanol–water partition coefficient (Wildman–Crippen LogP) is 2.22. The highest BCUT2D eigenvalue weighted by atomic mass is 79.9. The van der Waals surface area contributed by atoms with Gasteiger partial charge < -0.3 is 10.0 Å². The van der Waals surface area contributed by atoms with Crippen molar-refractivity contribution in [2.24, 2.45) is 0 Å². The molecule has 0 aliphatic rings. The first-order valence-corrected chi connectivity index (χ1v) is 4.06. The van der Waals surface area contributed by atoms with Crippen molar-refractivity contribution in [1.82, 2.24) is 0 Å². The zero-order valence-corrected chi connectivity index (χ0v) is 8.09. The Balaban J connectivity index is 3.13. The van der Waals surface area contributed by atoms with Crippen LogP contribution in [0.15, 0.2) is 22.7 Å². The van der Waals surface area contributed by atoms with E-state index in [-0.39, 0.29) is 0 Å². The molecule has 11 heavy (non-hydrogen) atoms. The average Bonchev–Trinajstić information content (AvgIpc) is 1.94. The number of halogens is 1. The third kappa shape index (κ3) is 1.87. The van der Waals surface area contributed by atoms with E-state index in [9.17, 15) is 5.11 Å². The molecule has 0 spiro atoms. The molecule has 60 valence electrons. The van der Waals surface area contributed by atoms with Crippen LogP contribution in [0.2, 0.25) is 0 Å². The van der Waals surface area contributed by atoms with E-state index in [4.69, 9.17) is 0 Å². The Hall–Kier alpha value is -0.700. The Kier molecular flexibility index (Phi) is 2.39. The lowest BCUT2D eigenvalue weighted by Gasteiger charge is -2.13. The molecule has 0 amide bonds. The minimum atomic E-state index is 0.304. The minimum Gasteiger partial charge on any atom is -0.506 e. The van der Waals surface area contributed by atoms with E-state index in [1.165, 1.54) is 0 Å². The molecule has 0 heterocycles. The second-order valence-electron chi connectivity index (χ2n) is 2.53. The molecule has 0 unspecified atom stereocenters. The van der Waals surface area contributed by atoms with Gasteiger partial charge in [-0.1, -0.05) is 15.9 Å². The Bertz CT molecular complexity index is 260. The second kappa shape index (κ2) is 3.13. The maximum absolute atomic E-state index is 9.34. The molecular formula is C8H10BrNO. The molecule has 1 N–H and O–H groups in total. The van der Waals surface area contributed by atoms with Crippen molar-refractivity contribution < 1.29 is 5.11 Å².